The van der Waals surface area contributed by atoms with Gasteiger partial charge in [-0.25, -0.2) is 4.39 Å². The van der Waals surface area contributed by atoms with E-state index in [2.05, 4.69) is 5.32 Å². The van der Waals surface area contributed by atoms with Crippen molar-refractivity contribution in [2.45, 2.75) is 76.9 Å². The number of rotatable bonds is 7. The Labute approximate surface area is 255 Å². The summed E-state index contributed by atoms with van der Waals surface area (Å²) in [4.78, 5) is 69.9. The number of Topliss-reactive ketones (excluding diaryl/α,β-unsaturated/α-hetero) is 1. The van der Waals surface area contributed by atoms with Crippen LogP contribution in [-0.2, 0) is 25.7 Å². The van der Waals surface area contributed by atoms with Gasteiger partial charge in [0.25, 0.3) is 0 Å². The lowest BCUT2D eigenvalue weighted by Crippen LogP contribution is -2.60. The summed E-state index contributed by atoms with van der Waals surface area (Å²) in [5.41, 5.74) is 0.510. The molecular formula is C34H38FN3O6. The van der Waals surface area contributed by atoms with Crippen molar-refractivity contribution in [1.82, 2.24) is 10.2 Å². The molecule has 2 aromatic carbocycles. The van der Waals surface area contributed by atoms with E-state index in [9.17, 15) is 29.1 Å². The van der Waals surface area contributed by atoms with Gasteiger partial charge in [-0.15, -0.1) is 0 Å². The number of aliphatic carboxylic acids is 1. The molecule has 1 aliphatic heterocycles. The predicted octanol–water partition coefficient (Wildman–Crippen LogP) is 4.34. The van der Waals surface area contributed by atoms with E-state index >= 15 is 4.39 Å². The van der Waals surface area contributed by atoms with Crippen LogP contribution in [0.4, 0.5) is 10.1 Å². The molecule has 4 aliphatic carbocycles. The number of carbonyl (C=O) groups excluding carboxylic acids is 4. The number of hydrogen-bond donors (Lipinski definition) is 2. The highest BCUT2D eigenvalue weighted by Crippen LogP contribution is 2.62. The Morgan fingerprint density at radius 3 is 2.18 bits per heavy atom. The maximum atomic E-state index is 15.0. The number of ketones is 1. The summed E-state index contributed by atoms with van der Waals surface area (Å²) < 4.78 is 15.0. The number of carbonyl (C=O) groups is 5. The molecule has 0 saturated heterocycles. The quantitative estimate of drug-likeness (QED) is 0.486. The van der Waals surface area contributed by atoms with Crippen LogP contribution in [0.2, 0.25) is 0 Å². The molecule has 1 heterocycles. The Bertz CT molecular complexity index is 1470. The lowest BCUT2D eigenvalue weighted by Gasteiger charge is -2.58. The van der Waals surface area contributed by atoms with Crippen LogP contribution < -0.4 is 10.2 Å². The minimum atomic E-state index is -1.40. The SMILES string of the molecule is CC(=O)N1C(C(=O)NCC(=O)O)CC(=O)c2ccccc2N(Cc2ccccc2F)C(=O)C1CC12CC3CC(CC(C3)C1)C2. The third-order valence-electron chi connectivity index (χ3n) is 10.3. The average Bonchev–Trinajstić information content (AvgIpc) is 3.00. The van der Waals surface area contributed by atoms with Crippen LogP contribution >= 0.6 is 0 Å². The van der Waals surface area contributed by atoms with E-state index in [1.807, 2.05) is 0 Å². The normalized spacial score (nSPS) is 29.5. The second-order valence-corrected chi connectivity index (χ2v) is 13.4. The van der Waals surface area contributed by atoms with E-state index in [1.165, 1.54) is 42.1 Å². The van der Waals surface area contributed by atoms with E-state index < -0.39 is 60.3 Å². The lowest BCUT2D eigenvalue weighted by molar-refractivity contribution is -0.150. The zero-order chi connectivity index (χ0) is 31.2. The minimum Gasteiger partial charge on any atom is -0.480 e. The Balaban J connectivity index is 1.49. The summed E-state index contributed by atoms with van der Waals surface area (Å²) >= 11 is 0. The largest absolute Gasteiger partial charge is 0.480 e. The van der Waals surface area contributed by atoms with Crippen molar-refractivity contribution in [1.29, 1.82) is 0 Å². The summed E-state index contributed by atoms with van der Waals surface area (Å²) in [6, 6.07) is 10.1. The molecular weight excluding hydrogens is 565 g/mol. The van der Waals surface area contributed by atoms with Gasteiger partial charge in [0.15, 0.2) is 5.78 Å². The highest BCUT2D eigenvalue weighted by atomic mass is 19.1. The summed E-state index contributed by atoms with van der Waals surface area (Å²) in [5.74, 6) is -2.44. The third kappa shape index (κ3) is 5.74. The molecule has 2 unspecified atom stereocenters. The number of nitrogens with one attached hydrogen (secondary N) is 1. The molecule has 2 aromatic rings. The Hall–Kier alpha value is -4.08. The first-order chi connectivity index (χ1) is 21.0. The first kappa shape index (κ1) is 30.0. The van der Waals surface area contributed by atoms with Crippen LogP contribution in [0, 0.1) is 29.0 Å². The molecule has 9 nitrogen and oxygen atoms in total. The first-order valence-corrected chi connectivity index (χ1v) is 15.5. The monoisotopic (exact) mass is 603 g/mol. The third-order valence-corrected chi connectivity index (χ3v) is 10.3. The number of anilines is 1. The predicted molar refractivity (Wildman–Crippen MR) is 159 cm³/mol. The maximum Gasteiger partial charge on any atom is 0.322 e. The van der Waals surface area contributed by atoms with Crippen molar-refractivity contribution in [3.8, 4) is 0 Å². The van der Waals surface area contributed by atoms with E-state index in [1.54, 1.807) is 42.5 Å². The molecule has 7 rings (SSSR count). The Kier molecular flexibility index (Phi) is 8.02. The van der Waals surface area contributed by atoms with Gasteiger partial charge in [0.2, 0.25) is 17.7 Å². The summed E-state index contributed by atoms with van der Waals surface area (Å²) in [7, 11) is 0. The van der Waals surface area contributed by atoms with Crippen molar-refractivity contribution in [3.63, 3.8) is 0 Å². The molecule has 10 heteroatoms. The van der Waals surface area contributed by atoms with Crippen molar-refractivity contribution in [2.24, 2.45) is 23.2 Å². The van der Waals surface area contributed by atoms with Gasteiger partial charge < -0.3 is 20.2 Å². The first-order valence-electron chi connectivity index (χ1n) is 15.5. The molecule has 2 atom stereocenters. The number of para-hydroxylation sites is 1. The summed E-state index contributed by atoms with van der Waals surface area (Å²) in [6.45, 7) is 0.405. The molecule has 4 bridgehead atoms. The Morgan fingerprint density at radius 2 is 1.57 bits per heavy atom. The van der Waals surface area contributed by atoms with E-state index in [4.69, 9.17) is 0 Å². The van der Waals surface area contributed by atoms with Crippen molar-refractivity contribution < 1.29 is 33.5 Å². The van der Waals surface area contributed by atoms with Crippen molar-refractivity contribution in [3.05, 3.63) is 65.5 Å². The fraction of sp³-hybridized carbons (Fsp3) is 0.500. The number of benzene rings is 2. The number of hydrogen-bond acceptors (Lipinski definition) is 5. The van der Waals surface area contributed by atoms with Crippen LogP contribution in [0.1, 0.15) is 74.2 Å². The van der Waals surface area contributed by atoms with Gasteiger partial charge in [-0.2, -0.15) is 0 Å². The smallest absolute Gasteiger partial charge is 0.322 e. The molecule has 2 N–H and O–H groups in total. The number of carboxylic acids is 1. The van der Waals surface area contributed by atoms with Gasteiger partial charge in [0.1, 0.15) is 24.4 Å². The minimum absolute atomic E-state index is 0.172. The number of amides is 3. The van der Waals surface area contributed by atoms with Crippen LogP contribution in [0.5, 0.6) is 0 Å². The summed E-state index contributed by atoms with van der Waals surface area (Å²) in [6.07, 6.45) is 6.23. The highest BCUT2D eigenvalue weighted by Gasteiger charge is 2.54. The lowest BCUT2D eigenvalue weighted by atomic mass is 9.48. The highest BCUT2D eigenvalue weighted by molar-refractivity contribution is 6.10. The molecule has 4 fully saturated rings. The zero-order valence-electron chi connectivity index (χ0n) is 24.8. The van der Waals surface area contributed by atoms with Crippen LogP contribution in [0.25, 0.3) is 0 Å². The van der Waals surface area contributed by atoms with Gasteiger partial charge in [-0.3, -0.25) is 24.0 Å². The van der Waals surface area contributed by atoms with Gasteiger partial charge in [0, 0.05) is 24.5 Å². The van der Waals surface area contributed by atoms with E-state index in [0.717, 1.165) is 19.3 Å². The number of halogens is 1. The molecule has 0 aromatic heterocycles. The molecule has 232 valence electrons. The molecule has 3 amide bonds. The fourth-order valence-electron chi connectivity index (χ4n) is 9.00. The Morgan fingerprint density at radius 1 is 0.955 bits per heavy atom. The van der Waals surface area contributed by atoms with Gasteiger partial charge >= 0.3 is 5.97 Å². The molecule has 44 heavy (non-hydrogen) atoms. The van der Waals surface area contributed by atoms with E-state index in [-0.39, 0.29) is 28.8 Å². The maximum absolute atomic E-state index is 15.0. The van der Waals surface area contributed by atoms with Crippen LogP contribution in [0.15, 0.2) is 48.5 Å². The molecule has 0 radical (unpaired) electrons. The fourth-order valence-corrected chi connectivity index (χ4v) is 9.00. The van der Waals surface area contributed by atoms with Crippen LogP contribution in [0.3, 0.4) is 0 Å². The number of carboxylic acid groups (broad SMARTS) is 1. The molecule has 4 saturated carbocycles. The summed E-state index contributed by atoms with van der Waals surface area (Å²) in [5, 5.41) is 11.6. The van der Waals surface area contributed by atoms with Crippen molar-refractivity contribution >= 4 is 35.2 Å². The number of nitrogens with zero attached hydrogens (tertiary/aromatic N) is 2. The van der Waals surface area contributed by atoms with Gasteiger partial charge in [-0.05, 0) is 86.3 Å². The van der Waals surface area contributed by atoms with E-state index in [0.29, 0.717) is 24.2 Å². The van der Waals surface area contributed by atoms with Crippen LogP contribution in [-0.4, -0.2) is 58.1 Å². The number of fused-ring (bicyclic) bond motifs is 1. The van der Waals surface area contributed by atoms with Crippen molar-refractivity contribution in [2.75, 3.05) is 11.4 Å². The molecule has 0 spiro atoms. The average molecular weight is 604 g/mol. The second kappa shape index (κ2) is 11.8. The van der Waals surface area contributed by atoms with Gasteiger partial charge in [0.05, 0.1) is 12.2 Å². The molecule has 5 aliphatic rings. The standard InChI is InChI=1S/C34H38FN3O6/c1-20(39)38-28(32(43)36-18-31(41)42)13-30(40)25-7-3-5-9-27(25)37(19-24-6-2-4-8-26(24)35)33(44)29(38)17-34-14-21-10-22(15-34)12-23(11-21)16-34/h2-9,21-23,28-29H,10-19H2,1H3,(H,36,43)(H,41,42). The second-order valence-electron chi connectivity index (χ2n) is 13.4. The topological polar surface area (TPSA) is 124 Å². The zero-order valence-corrected chi connectivity index (χ0v) is 24.8. The van der Waals surface area contributed by atoms with Gasteiger partial charge in [-0.1, -0.05) is 30.3 Å².